The first kappa shape index (κ1) is 13.2. The summed E-state index contributed by atoms with van der Waals surface area (Å²) >= 11 is 6.60. The number of alkyl halides is 1. The van der Waals surface area contributed by atoms with Crippen LogP contribution >= 0.6 is 23.4 Å². The number of carbonyl (C=O) groups is 3. The molecule has 1 saturated heterocycles. The Kier molecular flexibility index (Phi) is 3.82. The van der Waals surface area contributed by atoms with Crippen LogP contribution in [0.25, 0.3) is 0 Å². The van der Waals surface area contributed by atoms with E-state index in [1.165, 1.54) is 16.7 Å². The maximum Gasteiger partial charge on any atom is 0.353 e. The number of fused-ring (bicyclic) bond motifs is 1. The zero-order valence-electron chi connectivity index (χ0n) is 9.22. The zero-order chi connectivity index (χ0) is 13.3. The predicted octanol–water partition coefficient (Wildman–Crippen LogP) is 0.760. The third-order valence-electron chi connectivity index (χ3n) is 2.59. The van der Waals surface area contributed by atoms with Gasteiger partial charge in [0.1, 0.15) is 11.6 Å². The molecule has 1 N–H and O–H groups in total. The Hall–Kier alpha value is -1.21. The van der Waals surface area contributed by atoms with Gasteiger partial charge in [-0.05, 0) is 0 Å². The molecule has 0 bridgehead atoms. The van der Waals surface area contributed by atoms with Crippen molar-refractivity contribution in [3.05, 3.63) is 10.6 Å². The van der Waals surface area contributed by atoms with Crippen LogP contribution in [-0.4, -0.2) is 45.7 Å². The molecule has 0 aliphatic carbocycles. The summed E-state index contributed by atoms with van der Waals surface area (Å²) in [6, 6.07) is 0. The number of nitrogens with zero attached hydrogens (tertiary/aromatic N) is 1. The van der Waals surface area contributed by atoms with E-state index in [-0.39, 0.29) is 35.9 Å². The molecule has 6 nitrogen and oxygen atoms in total. The number of carboxylic acid groups (broad SMARTS) is 1. The first-order chi connectivity index (χ1) is 8.54. The Bertz CT molecular complexity index is 450. The molecule has 0 radical (unpaired) electrons. The zero-order valence-corrected chi connectivity index (χ0v) is 10.8. The van der Waals surface area contributed by atoms with Gasteiger partial charge in [0.25, 0.3) is 0 Å². The minimum absolute atomic E-state index is 0.0168. The number of carbonyl (C=O) groups excluding carboxylic acids is 2. The standard InChI is InChI=1S/C10H10ClNO5S/c11-4-8(14)17-2-1-5-9(10(15)16)12-6(13)3-7(12)18-5/h7H,1-4H2,(H,15,16)/t7-/m1/s1. The Balaban J connectivity index is 2.00. The van der Waals surface area contributed by atoms with Crippen molar-refractivity contribution in [2.24, 2.45) is 0 Å². The molecule has 8 heteroatoms. The van der Waals surface area contributed by atoms with E-state index < -0.39 is 11.9 Å². The van der Waals surface area contributed by atoms with E-state index in [9.17, 15) is 14.4 Å². The minimum atomic E-state index is -1.13. The van der Waals surface area contributed by atoms with Crippen molar-refractivity contribution in [3.8, 4) is 0 Å². The third-order valence-corrected chi connectivity index (χ3v) is 4.14. The number of amides is 1. The van der Waals surface area contributed by atoms with E-state index in [2.05, 4.69) is 0 Å². The molecule has 0 saturated carbocycles. The minimum Gasteiger partial charge on any atom is -0.477 e. The molecule has 2 heterocycles. The number of aliphatic carboxylic acids is 1. The summed E-state index contributed by atoms with van der Waals surface area (Å²) < 4.78 is 4.78. The molecule has 0 aromatic heterocycles. The van der Waals surface area contributed by atoms with Crippen LogP contribution < -0.4 is 0 Å². The van der Waals surface area contributed by atoms with Crippen LogP contribution in [0.4, 0.5) is 0 Å². The lowest BCUT2D eigenvalue weighted by molar-refractivity contribution is -0.145. The average molecular weight is 292 g/mol. The molecule has 0 spiro atoms. The summed E-state index contributed by atoms with van der Waals surface area (Å²) in [5.74, 6) is -2.09. The number of rotatable bonds is 5. The molecule has 18 heavy (non-hydrogen) atoms. The van der Waals surface area contributed by atoms with Gasteiger partial charge in [0, 0.05) is 11.3 Å². The molecule has 2 rings (SSSR count). The second-order valence-electron chi connectivity index (χ2n) is 3.72. The van der Waals surface area contributed by atoms with Gasteiger partial charge >= 0.3 is 11.9 Å². The van der Waals surface area contributed by atoms with Crippen LogP contribution in [0, 0.1) is 0 Å². The molecule has 1 atom stereocenters. The fraction of sp³-hybridized carbons (Fsp3) is 0.500. The Labute approximate surface area is 112 Å². The lowest BCUT2D eigenvalue weighted by Gasteiger charge is -2.33. The smallest absolute Gasteiger partial charge is 0.353 e. The van der Waals surface area contributed by atoms with Crippen LogP contribution in [0.15, 0.2) is 10.6 Å². The third kappa shape index (κ3) is 2.32. The van der Waals surface area contributed by atoms with Gasteiger partial charge in [-0.15, -0.1) is 23.4 Å². The van der Waals surface area contributed by atoms with Gasteiger partial charge in [-0.25, -0.2) is 4.79 Å². The Morgan fingerprint density at radius 2 is 2.28 bits per heavy atom. The lowest BCUT2D eigenvalue weighted by Crippen LogP contribution is -2.48. The van der Waals surface area contributed by atoms with E-state index in [1.54, 1.807) is 0 Å². The SMILES string of the molecule is O=C(CCl)OCCC1=C(C(=O)O)N2C(=O)C[C@H]2S1. The highest BCUT2D eigenvalue weighted by atomic mass is 35.5. The van der Waals surface area contributed by atoms with Gasteiger partial charge in [-0.2, -0.15) is 0 Å². The van der Waals surface area contributed by atoms with Gasteiger partial charge in [-0.3, -0.25) is 14.5 Å². The normalized spacial score (nSPS) is 21.7. The predicted molar refractivity (Wildman–Crippen MR) is 63.8 cm³/mol. The fourth-order valence-corrected chi connectivity index (χ4v) is 3.26. The number of β-lactam (4-membered cyclic amide) rings is 1. The van der Waals surface area contributed by atoms with Crippen molar-refractivity contribution < 1.29 is 24.2 Å². The highest BCUT2D eigenvalue weighted by molar-refractivity contribution is 8.04. The van der Waals surface area contributed by atoms with Crippen LogP contribution in [0.3, 0.4) is 0 Å². The van der Waals surface area contributed by atoms with Crippen molar-refractivity contribution in [1.82, 2.24) is 4.90 Å². The van der Waals surface area contributed by atoms with E-state index in [4.69, 9.17) is 21.4 Å². The highest BCUT2D eigenvalue weighted by Gasteiger charge is 2.48. The molecule has 0 unspecified atom stereocenters. The van der Waals surface area contributed by atoms with E-state index >= 15 is 0 Å². The molecule has 2 aliphatic rings. The Morgan fingerprint density at radius 1 is 1.56 bits per heavy atom. The first-order valence-electron chi connectivity index (χ1n) is 5.21. The maximum absolute atomic E-state index is 11.3. The number of thioether (sulfide) groups is 1. The topological polar surface area (TPSA) is 83.9 Å². The van der Waals surface area contributed by atoms with Crippen molar-refractivity contribution in [1.29, 1.82) is 0 Å². The number of ether oxygens (including phenoxy) is 1. The average Bonchev–Trinajstić information content (AvgIpc) is 2.61. The lowest BCUT2D eigenvalue weighted by atomic mass is 10.1. The van der Waals surface area contributed by atoms with Gasteiger partial charge in [-0.1, -0.05) is 0 Å². The van der Waals surface area contributed by atoms with Crippen LogP contribution in [0.1, 0.15) is 12.8 Å². The van der Waals surface area contributed by atoms with Crippen molar-refractivity contribution >= 4 is 41.2 Å². The number of hydrogen-bond acceptors (Lipinski definition) is 5. The second-order valence-corrected chi connectivity index (χ2v) is 5.26. The first-order valence-corrected chi connectivity index (χ1v) is 6.62. The van der Waals surface area contributed by atoms with E-state index in [1.807, 2.05) is 0 Å². The molecule has 1 fully saturated rings. The largest absolute Gasteiger partial charge is 0.477 e. The number of hydrogen-bond donors (Lipinski definition) is 1. The summed E-state index contributed by atoms with van der Waals surface area (Å²) in [7, 11) is 0. The second kappa shape index (κ2) is 5.19. The summed E-state index contributed by atoms with van der Waals surface area (Å²) in [6.07, 6.45) is 0.640. The highest BCUT2D eigenvalue weighted by Crippen LogP contribution is 2.47. The van der Waals surface area contributed by atoms with Crippen LogP contribution in [0.5, 0.6) is 0 Å². The van der Waals surface area contributed by atoms with E-state index in [0.717, 1.165) is 0 Å². The molecule has 0 aromatic rings. The number of carboxylic acids is 1. The van der Waals surface area contributed by atoms with Crippen LogP contribution in [0.2, 0.25) is 0 Å². The van der Waals surface area contributed by atoms with Crippen LogP contribution in [-0.2, 0) is 19.1 Å². The summed E-state index contributed by atoms with van der Waals surface area (Å²) in [5, 5.41) is 8.98. The molecule has 98 valence electrons. The van der Waals surface area contributed by atoms with Crippen molar-refractivity contribution in [2.75, 3.05) is 12.5 Å². The quantitative estimate of drug-likeness (QED) is 0.457. The van der Waals surface area contributed by atoms with Crippen molar-refractivity contribution in [2.45, 2.75) is 18.2 Å². The molecular formula is C10H10ClNO5S. The fourth-order valence-electron chi connectivity index (χ4n) is 1.80. The molecular weight excluding hydrogens is 282 g/mol. The summed E-state index contributed by atoms with van der Waals surface area (Å²) in [4.78, 5) is 35.1. The van der Waals surface area contributed by atoms with Gasteiger partial charge in [0.2, 0.25) is 5.91 Å². The number of esters is 1. The molecule has 0 aromatic carbocycles. The summed E-state index contributed by atoms with van der Waals surface area (Å²) in [6.45, 7) is 0.0689. The maximum atomic E-state index is 11.3. The van der Waals surface area contributed by atoms with Gasteiger partial charge < -0.3 is 9.84 Å². The monoisotopic (exact) mass is 291 g/mol. The van der Waals surface area contributed by atoms with Gasteiger partial charge in [0.15, 0.2) is 0 Å². The van der Waals surface area contributed by atoms with E-state index in [0.29, 0.717) is 11.3 Å². The van der Waals surface area contributed by atoms with Gasteiger partial charge in [0.05, 0.1) is 18.4 Å². The molecule has 2 aliphatic heterocycles. The van der Waals surface area contributed by atoms with Crippen molar-refractivity contribution in [3.63, 3.8) is 0 Å². The Morgan fingerprint density at radius 3 is 2.83 bits per heavy atom. The molecule has 1 amide bonds. The summed E-state index contributed by atoms with van der Waals surface area (Å²) in [5.41, 5.74) is 0.0168. The number of halogens is 1.